The number of hydrogen-bond donors (Lipinski definition) is 4. The highest BCUT2D eigenvalue weighted by atomic mass is 16.5. The van der Waals surface area contributed by atoms with Gasteiger partial charge in [-0.25, -0.2) is 9.59 Å². The highest BCUT2D eigenvalue weighted by Gasteiger charge is 2.33. The third kappa shape index (κ3) is 4.54. The molecule has 1 aromatic carbocycles. The summed E-state index contributed by atoms with van der Waals surface area (Å²) in [4.78, 5) is 22.4. The van der Waals surface area contributed by atoms with Crippen molar-refractivity contribution in [3.05, 3.63) is 52.6 Å². The largest absolute Gasteiger partial charge is 0.489 e. The fourth-order valence-corrected chi connectivity index (χ4v) is 3.09. The van der Waals surface area contributed by atoms with Crippen LogP contribution in [0.4, 0.5) is 0 Å². The van der Waals surface area contributed by atoms with E-state index < -0.39 is 29.4 Å². The maximum atomic E-state index is 11.5. The van der Waals surface area contributed by atoms with E-state index in [2.05, 4.69) is 0 Å². The number of rotatable bonds is 8. The predicted octanol–water partition coefficient (Wildman–Crippen LogP) is 1.81. The van der Waals surface area contributed by atoms with Crippen molar-refractivity contribution in [2.24, 2.45) is 0 Å². The minimum absolute atomic E-state index is 0.0800. The Balaban J connectivity index is 1.81. The summed E-state index contributed by atoms with van der Waals surface area (Å²) in [6.07, 6.45) is -0.481. The quantitative estimate of drug-likeness (QED) is 0.317. The Labute approximate surface area is 170 Å². The van der Waals surface area contributed by atoms with Crippen molar-refractivity contribution in [2.45, 2.75) is 38.1 Å². The minimum atomic E-state index is -1.78. The van der Waals surface area contributed by atoms with Crippen molar-refractivity contribution in [1.82, 2.24) is 0 Å². The molecule has 3 rings (SSSR count). The van der Waals surface area contributed by atoms with Crippen molar-refractivity contribution < 1.29 is 38.8 Å². The number of ether oxygens (including phenoxy) is 1. The fourth-order valence-electron chi connectivity index (χ4n) is 3.09. The molecule has 0 saturated carbocycles. The Morgan fingerprint density at radius 1 is 1.23 bits per heavy atom. The average molecular weight is 418 g/mol. The predicted molar refractivity (Wildman–Crippen MR) is 106 cm³/mol. The summed E-state index contributed by atoms with van der Waals surface area (Å²) in [6.45, 7) is 2.28. The molecule has 0 aliphatic carbocycles. The molecule has 0 fully saturated rings. The summed E-state index contributed by atoms with van der Waals surface area (Å²) in [5.74, 6) is -0.888. The topological polar surface area (TPSA) is 151 Å². The number of hydrogen-bond acceptors (Lipinski definition) is 8. The summed E-state index contributed by atoms with van der Waals surface area (Å²) in [5, 5.41) is 41.0. The lowest BCUT2D eigenvalue weighted by Crippen LogP contribution is -2.45. The second kappa shape index (κ2) is 8.31. The maximum absolute atomic E-state index is 11.5. The lowest BCUT2D eigenvalue weighted by Gasteiger charge is -2.30. The van der Waals surface area contributed by atoms with E-state index in [0.717, 1.165) is 6.08 Å². The van der Waals surface area contributed by atoms with Crippen molar-refractivity contribution >= 4 is 27.9 Å². The van der Waals surface area contributed by atoms with Crippen molar-refractivity contribution in [3.8, 4) is 5.75 Å². The Hall–Kier alpha value is -3.14. The molecular weight excluding hydrogens is 396 g/mol. The fraction of sp³-hybridized carbons (Fsp3) is 0.333. The van der Waals surface area contributed by atoms with Crippen LogP contribution in [0.15, 0.2) is 55.8 Å². The standard InChI is InChI=1S/C21H22O9/c1-11(20(25)26)7-12(22)9-21(2,27)17(23)10-29-19-13-3-4-18(24)30-16(13)8-15-14(19)5-6-28-15/h3-8,12,17,22-23,27H,9-10H2,1-2H3,(H,25,26)/b11-7+/t12-,17-,21-/m1/s1. The second-order valence-corrected chi connectivity index (χ2v) is 7.31. The molecule has 2 heterocycles. The molecule has 9 heteroatoms. The molecular formula is C21H22O9. The normalized spacial score (nSPS) is 16.4. The molecule has 0 aliphatic rings. The van der Waals surface area contributed by atoms with Crippen LogP contribution >= 0.6 is 0 Å². The molecule has 0 bridgehead atoms. The highest BCUT2D eigenvalue weighted by Crippen LogP contribution is 2.35. The number of aliphatic hydroxyl groups excluding tert-OH is 2. The summed E-state index contributed by atoms with van der Waals surface area (Å²) < 4.78 is 16.3. The van der Waals surface area contributed by atoms with Crippen molar-refractivity contribution in [1.29, 1.82) is 0 Å². The molecule has 0 aliphatic heterocycles. The van der Waals surface area contributed by atoms with Crippen LogP contribution in [0.5, 0.6) is 5.75 Å². The van der Waals surface area contributed by atoms with Crippen LogP contribution in [0.25, 0.3) is 21.9 Å². The van der Waals surface area contributed by atoms with Crippen LogP contribution in [0.1, 0.15) is 20.3 Å². The monoisotopic (exact) mass is 418 g/mol. The molecule has 0 radical (unpaired) electrons. The minimum Gasteiger partial charge on any atom is -0.489 e. The van der Waals surface area contributed by atoms with Crippen LogP contribution in [-0.4, -0.2) is 50.8 Å². The van der Waals surface area contributed by atoms with Gasteiger partial charge in [0.15, 0.2) is 0 Å². The van der Waals surface area contributed by atoms with Crippen molar-refractivity contribution in [2.75, 3.05) is 6.61 Å². The van der Waals surface area contributed by atoms with Crippen LogP contribution in [0.3, 0.4) is 0 Å². The third-order valence-corrected chi connectivity index (χ3v) is 4.81. The number of fused-ring (bicyclic) bond motifs is 2. The maximum Gasteiger partial charge on any atom is 0.336 e. The lowest BCUT2D eigenvalue weighted by molar-refractivity contribution is -0.132. The van der Waals surface area contributed by atoms with Crippen LogP contribution in [0.2, 0.25) is 0 Å². The lowest BCUT2D eigenvalue weighted by atomic mass is 9.91. The average Bonchev–Trinajstić information content (AvgIpc) is 3.12. The van der Waals surface area contributed by atoms with Gasteiger partial charge in [0.05, 0.1) is 28.7 Å². The van der Waals surface area contributed by atoms with E-state index in [1.54, 1.807) is 12.1 Å². The van der Waals surface area contributed by atoms with E-state index in [4.69, 9.17) is 18.7 Å². The van der Waals surface area contributed by atoms with E-state index in [1.165, 1.54) is 32.2 Å². The first kappa shape index (κ1) is 21.6. The van der Waals surface area contributed by atoms with E-state index in [0.29, 0.717) is 22.1 Å². The zero-order valence-electron chi connectivity index (χ0n) is 16.4. The van der Waals surface area contributed by atoms with Crippen LogP contribution < -0.4 is 10.4 Å². The Kier molecular flexibility index (Phi) is 5.97. The van der Waals surface area contributed by atoms with E-state index in [-0.39, 0.29) is 24.2 Å². The van der Waals surface area contributed by atoms with Crippen LogP contribution in [0, 0.1) is 0 Å². The molecule has 0 saturated heterocycles. The molecule has 2 aromatic heterocycles. The number of carboxylic acids is 1. The van der Waals surface area contributed by atoms with E-state index in [9.17, 15) is 24.9 Å². The van der Waals surface area contributed by atoms with Crippen molar-refractivity contribution in [3.63, 3.8) is 0 Å². The molecule has 30 heavy (non-hydrogen) atoms. The summed E-state index contributed by atoms with van der Waals surface area (Å²) in [7, 11) is 0. The summed E-state index contributed by atoms with van der Waals surface area (Å²) in [6, 6.07) is 5.97. The highest BCUT2D eigenvalue weighted by molar-refractivity contribution is 6.01. The number of aliphatic hydroxyl groups is 3. The molecule has 0 spiro atoms. The SMILES string of the molecule is C/C(=C\[C@@H](O)C[C@@](C)(O)[C@H](O)COc1c2ccoc2cc2oc(=O)ccc12)C(=O)O. The molecule has 160 valence electrons. The van der Waals surface area contributed by atoms with Gasteiger partial charge in [0, 0.05) is 24.1 Å². The van der Waals surface area contributed by atoms with Gasteiger partial charge < -0.3 is 34.0 Å². The van der Waals surface area contributed by atoms with Gasteiger partial charge in [-0.05, 0) is 32.1 Å². The second-order valence-electron chi connectivity index (χ2n) is 7.31. The van der Waals surface area contributed by atoms with Gasteiger partial charge in [0.2, 0.25) is 0 Å². The molecule has 3 atom stereocenters. The first-order valence-electron chi connectivity index (χ1n) is 9.15. The van der Waals surface area contributed by atoms with Gasteiger partial charge in [-0.1, -0.05) is 0 Å². The smallest absolute Gasteiger partial charge is 0.336 e. The van der Waals surface area contributed by atoms with E-state index in [1.807, 2.05) is 0 Å². The summed E-state index contributed by atoms with van der Waals surface area (Å²) >= 11 is 0. The summed E-state index contributed by atoms with van der Waals surface area (Å²) in [5.41, 5.74) is -1.74. The van der Waals surface area contributed by atoms with Gasteiger partial charge in [-0.3, -0.25) is 0 Å². The number of furan rings is 1. The first-order valence-corrected chi connectivity index (χ1v) is 9.15. The molecule has 0 amide bonds. The Morgan fingerprint density at radius 2 is 1.93 bits per heavy atom. The van der Waals surface area contributed by atoms with Gasteiger partial charge >= 0.3 is 11.6 Å². The number of carboxylic acid groups (broad SMARTS) is 1. The van der Waals surface area contributed by atoms with Gasteiger partial charge in [-0.15, -0.1) is 0 Å². The molecule has 3 aromatic rings. The first-order chi connectivity index (χ1) is 14.1. The molecule has 0 unspecified atom stereocenters. The molecule has 9 nitrogen and oxygen atoms in total. The third-order valence-electron chi connectivity index (χ3n) is 4.81. The Morgan fingerprint density at radius 3 is 2.63 bits per heavy atom. The van der Waals surface area contributed by atoms with Gasteiger partial charge in [0.25, 0.3) is 0 Å². The number of aliphatic carboxylic acids is 1. The van der Waals surface area contributed by atoms with Gasteiger partial charge in [0.1, 0.15) is 29.6 Å². The Bertz CT molecular complexity index is 1150. The molecule has 4 N–H and O–H groups in total. The van der Waals surface area contributed by atoms with E-state index >= 15 is 0 Å². The zero-order valence-corrected chi connectivity index (χ0v) is 16.4. The zero-order chi connectivity index (χ0) is 22.1. The van der Waals surface area contributed by atoms with Crippen LogP contribution in [-0.2, 0) is 4.79 Å². The number of benzene rings is 1. The van der Waals surface area contributed by atoms with Gasteiger partial charge in [-0.2, -0.15) is 0 Å². The number of carbonyl (C=O) groups is 1.